The van der Waals surface area contributed by atoms with E-state index in [1.165, 1.54) is 12.1 Å². The van der Waals surface area contributed by atoms with E-state index in [0.717, 1.165) is 5.56 Å². The van der Waals surface area contributed by atoms with Gasteiger partial charge in [0.25, 0.3) is 0 Å². The highest BCUT2D eigenvalue weighted by Gasteiger charge is 2.13. The Morgan fingerprint density at radius 2 is 1.91 bits per heavy atom. The van der Waals surface area contributed by atoms with Crippen LogP contribution in [0, 0.1) is 5.82 Å². The number of benzene rings is 2. The quantitative estimate of drug-likeness (QED) is 0.732. The molecule has 0 saturated carbocycles. The molecule has 1 unspecified atom stereocenters. The van der Waals surface area contributed by atoms with Gasteiger partial charge in [-0.3, -0.25) is 0 Å². The van der Waals surface area contributed by atoms with Gasteiger partial charge in [-0.05, 0) is 36.8 Å². The van der Waals surface area contributed by atoms with Gasteiger partial charge < -0.3 is 14.2 Å². The maximum absolute atomic E-state index is 13.0. The van der Waals surface area contributed by atoms with Gasteiger partial charge in [0.15, 0.2) is 0 Å². The molecular formula is C18H19FO4. The second-order valence-corrected chi connectivity index (χ2v) is 5.11. The predicted octanol–water partition coefficient (Wildman–Crippen LogP) is 3.60. The minimum absolute atomic E-state index is 0.150. The lowest BCUT2D eigenvalue weighted by molar-refractivity contribution is 0.0228. The number of esters is 1. The van der Waals surface area contributed by atoms with Crippen LogP contribution in [-0.4, -0.2) is 25.8 Å². The molecule has 2 aromatic carbocycles. The van der Waals surface area contributed by atoms with E-state index in [4.69, 9.17) is 14.2 Å². The van der Waals surface area contributed by atoms with Crippen LogP contribution in [0.3, 0.4) is 0 Å². The van der Waals surface area contributed by atoms with Crippen LogP contribution in [0.5, 0.6) is 5.75 Å². The van der Waals surface area contributed by atoms with E-state index in [1.807, 2.05) is 12.1 Å². The Morgan fingerprint density at radius 1 is 1.17 bits per heavy atom. The van der Waals surface area contributed by atoms with Crippen molar-refractivity contribution in [2.45, 2.75) is 19.6 Å². The lowest BCUT2D eigenvalue weighted by atomic mass is 10.1. The molecule has 5 heteroatoms. The van der Waals surface area contributed by atoms with Crippen molar-refractivity contribution in [2.24, 2.45) is 0 Å². The molecule has 2 rings (SSSR count). The zero-order valence-electron chi connectivity index (χ0n) is 13.1. The molecule has 0 aliphatic heterocycles. The number of methoxy groups -OCH3 is 1. The van der Waals surface area contributed by atoms with Crippen molar-refractivity contribution in [3.63, 3.8) is 0 Å². The van der Waals surface area contributed by atoms with Crippen LogP contribution < -0.4 is 4.74 Å². The molecular weight excluding hydrogens is 299 g/mol. The Balaban J connectivity index is 1.84. The molecule has 0 N–H and O–H groups in total. The molecule has 0 aliphatic carbocycles. The molecule has 1 atom stereocenters. The standard InChI is InChI=1S/C18H19FO4/c1-13(11-22-17-5-3-4-16(19)10-17)23-18(20)15-8-6-14(7-9-15)12-21-2/h3-10,13H,11-12H2,1-2H3. The van der Waals surface area contributed by atoms with Crippen LogP contribution in [0.2, 0.25) is 0 Å². The predicted molar refractivity (Wildman–Crippen MR) is 83.9 cm³/mol. The first-order chi connectivity index (χ1) is 11.1. The summed E-state index contributed by atoms with van der Waals surface area (Å²) in [6.45, 7) is 2.36. The number of ether oxygens (including phenoxy) is 3. The number of hydrogen-bond acceptors (Lipinski definition) is 4. The van der Waals surface area contributed by atoms with Gasteiger partial charge in [0.05, 0.1) is 12.2 Å². The SMILES string of the molecule is COCc1ccc(C(=O)OC(C)COc2cccc(F)c2)cc1. The Morgan fingerprint density at radius 3 is 2.57 bits per heavy atom. The summed E-state index contributed by atoms with van der Waals surface area (Å²) in [7, 11) is 1.61. The number of halogens is 1. The molecule has 2 aromatic rings. The molecule has 0 heterocycles. The van der Waals surface area contributed by atoms with Crippen molar-refractivity contribution < 1.29 is 23.4 Å². The second kappa shape index (κ2) is 8.29. The first kappa shape index (κ1) is 17.0. The highest BCUT2D eigenvalue weighted by Crippen LogP contribution is 2.13. The molecule has 0 amide bonds. The molecule has 0 aliphatic rings. The second-order valence-electron chi connectivity index (χ2n) is 5.11. The first-order valence-electron chi connectivity index (χ1n) is 7.25. The Hall–Kier alpha value is -2.40. The number of rotatable bonds is 7. The van der Waals surface area contributed by atoms with E-state index < -0.39 is 12.1 Å². The highest BCUT2D eigenvalue weighted by molar-refractivity contribution is 5.89. The summed E-state index contributed by atoms with van der Waals surface area (Å²) < 4.78 is 28.8. The molecule has 4 nitrogen and oxygen atoms in total. The Bertz CT molecular complexity index is 640. The smallest absolute Gasteiger partial charge is 0.338 e. The third-order valence-corrected chi connectivity index (χ3v) is 3.09. The lowest BCUT2D eigenvalue weighted by Gasteiger charge is -2.14. The van der Waals surface area contributed by atoms with Crippen LogP contribution >= 0.6 is 0 Å². The maximum Gasteiger partial charge on any atom is 0.338 e. The summed E-state index contributed by atoms with van der Waals surface area (Å²) in [6.07, 6.45) is -0.454. The van der Waals surface area contributed by atoms with Gasteiger partial charge in [-0.25, -0.2) is 9.18 Å². The number of hydrogen-bond donors (Lipinski definition) is 0. The largest absolute Gasteiger partial charge is 0.490 e. The number of carbonyl (C=O) groups is 1. The van der Waals surface area contributed by atoms with Crippen molar-refractivity contribution in [1.29, 1.82) is 0 Å². The van der Waals surface area contributed by atoms with Gasteiger partial charge in [0, 0.05) is 13.2 Å². The molecule has 0 bridgehead atoms. The molecule has 0 radical (unpaired) electrons. The van der Waals surface area contributed by atoms with Crippen LogP contribution in [0.15, 0.2) is 48.5 Å². The summed E-state index contributed by atoms with van der Waals surface area (Å²) >= 11 is 0. The first-order valence-corrected chi connectivity index (χ1v) is 7.25. The van der Waals surface area contributed by atoms with Crippen molar-refractivity contribution in [1.82, 2.24) is 0 Å². The summed E-state index contributed by atoms with van der Waals surface area (Å²) in [5, 5.41) is 0. The van der Waals surface area contributed by atoms with Gasteiger partial charge in [0.1, 0.15) is 24.3 Å². The fraction of sp³-hybridized carbons (Fsp3) is 0.278. The van der Waals surface area contributed by atoms with Crippen molar-refractivity contribution >= 4 is 5.97 Å². The fourth-order valence-corrected chi connectivity index (χ4v) is 1.96. The monoisotopic (exact) mass is 318 g/mol. The van der Waals surface area contributed by atoms with Gasteiger partial charge in [0.2, 0.25) is 0 Å². The van der Waals surface area contributed by atoms with E-state index in [2.05, 4.69) is 0 Å². The minimum atomic E-state index is -0.454. The third-order valence-electron chi connectivity index (χ3n) is 3.09. The van der Waals surface area contributed by atoms with E-state index in [-0.39, 0.29) is 12.4 Å². The number of carbonyl (C=O) groups excluding carboxylic acids is 1. The van der Waals surface area contributed by atoms with Crippen LogP contribution in [0.1, 0.15) is 22.8 Å². The Kier molecular flexibility index (Phi) is 6.11. The van der Waals surface area contributed by atoms with Crippen LogP contribution in [0.25, 0.3) is 0 Å². The maximum atomic E-state index is 13.0. The normalized spacial score (nSPS) is 11.8. The molecule has 0 saturated heterocycles. The topological polar surface area (TPSA) is 44.8 Å². The van der Waals surface area contributed by atoms with Gasteiger partial charge >= 0.3 is 5.97 Å². The van der Waals surface area contributed by atoms with Gasteiger partial charge in [-0.1, -0.05) is 18.2 Å². The van der Waals surface area contributed by atoms with Gasteiger partial charge in [-0.15, -0.1) is 0 Å². The van der Waals surface area contributed by atoms with E-state index >= 15 is 0 Å². The average Bonchev–Trinajstić information content (AvgIpc) is 2.54. The summed E-state index contributed by atoms with van der Waals surface area (Å²) in [6, 6.07) is 12.8. The highest BCUT2D eigenvalue weighted by atomic mass is 19.1. The summed E-state index contributed by atoms with van der Waals surface area (Å²) in [5.74, 6) is -0.399. The van der Waals surface area contributed by atoms with Crippen LogP contribution in [-0.2, 0) is 16.1 Å². The molecule has 0 fully saturated rings. The zero-order valence-corrected chi connectivity index (χ0v) is 13.1. The van der Waals surface area contributed by atoms with Gasteiger partial charge in [-0.2, -0.15) is 0 Å². The van der Waals surface area contributed by atoms with E-state index in [9.17, 15) is 9.18 Å². The third kappa shape index (κ3) is 5.38. The zero-order chi connectivity index (χ0) is 16.7. The van der Waals surface area contributed by atoms with Crippen LogP contribution in [0.4, 0.5) is 4.39 Å². The van der Waals surface area contributed by atoms with Crippen molar-refractivity contribution in [2.75, 3.05) is 13.7 Å². The molecule has 122 valence electrons. The Labute approximate surface area is 134 Å². The lowest BCUT2D eigenvalue weighted by Crippen LogP contribution is -2.22. The fourth-order valence-electron chi connectivity index (χ4n) is 1.96. The average molecular weight is 318 g/mol. The van der Waals surface area contributed by atoms with E-state index in [1.54, 1.807) is 38.3 Å². The van der Waals surface area contributed by atoms with Crippen molar-refractivity contribution in [3.8, 4) is 5.75 Å². The summed E-state index contributed by atoms with van der Waals surface area (Å²) in [4.78, 5) is 12.0. The summed E-state index contributed by atoms with van der Waals surface area (Å²) in [5.41, 5.74) is 1.44. The minimum Gasteiger partial charge on any atom is -0.490 e. The van der Waals surface area contributed by atoms with Crippen molar-refractivity contribution in [3.05, 3.63) is 65.5 Å². The molecule has 23 heavy (non-hydrogen) atoms. The molecule has 0 spiro atoms. The van der Waals surface area contributed by atoms with E-state index in [0.29, 0.717) is 17.9 Å². The molecule has 0 aromatic heterocycles.